The third kappa shape index (κ3) is 1.69. The van der Waals surface area contributed by atoms with Crippen molar-refractivity contribution < 1.29 is 13.2 Å². The summed E-state index contributed by atoms with van der Waals surface area (Å²) in [4.78, 5) is 0. The Morgan fingerprint density at radius 3 is 1.84 bits per heavy atom. The second-order valence-corrected chi connectivity index (χ2v) is 12.5. The predicted molar refractivity (Wildman–Crippen MR) is 74.9 cm³/mol. The number of rotatable bonds is 1. The molecule has 0 aliphatic carbocycles. The van der Waals surface area contributed by atoms with E-state index in [0.717, 1.165) is 9.34 Å². The van der Waals surface area contributed by atoms with Crippen LogP contribution in [0.2, 0.25) is 0 Å². The Hall–Kier alpha value is 0.230. The van der Waals surface area contributed by atoms with Crippen molar-refractivity contribution in [3.63, 3.8) is 0 Å². The van der Waals surface area contributed by atoms with Crippen LogP contribution in [0.1, 0.15) is 0 Å². The fraction of sp³-hybridized carbons (Fsp3) is 0.400. The van der Waals surface area contributed by atoms with Crippen LogP contribution in [-0.2, 0) is 0 Å². The third-order valence-electron chi connectivity index (χ3n) is 3.42. The van der Waals surface area contributed by atoms with Crippen LogP contribution in [-0.4, -0.2) is 34.7 Å². The van der Waals surface area contributed by atoms with Crippen molar-refractivity contribution in [2.24, 2.45) is 0 Å². The van der Waals surface area contributed by atoms with Crippen molar-refractivity contribution in [1.82, 2.24) is 9.34 Å². The van der Waals surface area contributed by atoms with Gasteiger partial charge in [-0.3, -0.25) is 0 Å². The van der Waals surface area contributed by atoms with Gasteiger partial charge in [-0.15, -0.1) is 0 Å². The summed E-state index contributed by atoms with van der Waals surface area (Å²) < 4.78 is 40.9. The molecular weight excluding hydrogens is 342 g/mol. The standard InChI is InChI=1S/C10H11Cl3F3N2P/c1-17-9(11,10(14,15)16)18(2)19(17,12,13)8-6-4-3-5-7-8/h3-7H,1-2H3. The second-order valence-electron chi connectivity index (χ2n) is 4.29. The normalized spacial score (nSPS) is 33.2. The number of hydrogen-bond donors (Lipinski definition) is 0. The van der Waals surface area contributed by atoms with Gasteiger partial charge >= 0.3 is 123 Å². The topological polar surface area (TPSA) is 6.48 Å². The summed E-state index contributed by atoms with van der Waals surface area (Å²) in [5.41, 5.74) is -4.05. The molecule has 1 aliphatic rings. The van der Waals surface area contributed by atoms with Gasteiger partial charge in [0, 0.05) is 0 Å². The SMILES string of the molecule is CN1C(Cl)(C(F)(F)F)N(C)P1(Cl)(Cl)c1ccccc1. The van der Waals surface area contributed by atoms with Crippen molar-refractivity contribution in [3.8, 4) is 0 Å². The van der Waals surface area contributed by atoms with Gasteiger partial charge in [-0.2, -0.15) is 0 Å². The molecule has 1 aromatic rings. The Morgan fingerprint density at radius 2 is 1.47 bits per heavy atom. The Balaban J connectivity index is 2.56. The quantitative estimate of drug-likeness (QED) is 0.421. The molecule has 2 nitrogen and oxygen atoms in total. The average Bonchev–Trinajstić information content (AvgIpc) is 2.36. The molecule has 2 rings (SSSR count). The molecule has 0 aromatic heterocycles. The number of hydrogen-bond acceptors (Lipinski definition) is 2. The van der Waals surface area contributed by atoms with Crippen LogP contribution in [0.25, 0.3) is 0 Å². The van der Waals surface area contributed by atoms with Crippen LogP contribution in [0.15, 0.2) is 30.3 Å². The Kier molecular flexibility index (Phi) is 3.39. The van der Waals surface area contributed by atoms with Crippen LogP contribution in [0.3, 0.4) is 0 Å². The van der Waals surface area contributed by atoms with Crippen molar-refractivity contribution in [3.05, 3.63) is 30.3 Å². The fourth-order valence-corrected chi connectivity index (χ4v) is 8.58. The first-order chi connectivity index (χ1) is 8.47. The first-order valence-corrected chi connectivity index (χ1v) is 9.55. The van der Waals surface area contributed by atoms with Crippen LogP contribution < -0.4 is 5.30 Å². The average molecular weight is 354 g/mol. The molecule has 0 N–H and O–H groups in total. The van der Waals surface area contributed by atoms with E-state index in [9.17, 15) is 13.2 Å². The van der Waals surface area contributed by atoms with Gasteiger partial charge in [-0.25, -0.2) is 0 Å². The molecule has 0 saturated carbocycles. The second kappa shape index (κ2) is 4.12. The molecule has 0 radical (unpaired) electrons. The maximum atomic E-state index is 13.1. The summed E-state index contributed by atoms with van der Waals surface area (Å²) in [5, 5.41) is -2.27. The van der Waals surface area contributed by atoms with Gasteiger partial charge in [0.25, 0.3) is 0 Å². The molecule has 19 heavy (non-hydrogen) atoms. The van der Waals surface area contributed by atoms with E-state index in [1.807, 2.05) is 0 Å². The van der Waals surface area contributed by atoms with E-state index in [1.165, 1.54) is 14.1 Å². The van der Waals surface area contributed by atoms with E-state index in [4.69, 9.17) is 34.1 Å². The maximum absolute atomic E-state index is 13.1. The zero-order chi connectivity index (χ0) is 14.7. The van der Waals surface area contributed by atoms with Crippen molar-refractivity contribution in [1.29, 1.82) is 0 Å². The van der Waals surface area contributed by atoms with E-state index < -0.39 is 16.9 Å². The number of halogens is 6. The molecule has 1 aliphatic heterocycles. The predicted octanol–water partition coefficient (Wildman–Crippen LogP) is 4.33. The summed E-state index contributed by atoms with van der Waals surface area (Å²) >= 11 is 18.6. The third-order valence-corrected chi connectivity index (χ3v) is 12.0. The summed E-state index contributed by atoms with van der Waals surface area (Å²) in [6.07, 6.45) is -4.68. The molecule has 0 bridgehead atoms. The van der Waals surface area contributed by atoms with Crippen LogP contribution in [0.5, 0.6) is 0 Å². The molecular formula is C10H11Cl3F3N2P. The van der Waals surface area contributed by atoms with Crippen LogP contribution in [0.4, 0.5) is 13.2 Å². The van der Waals surface area contributed by atoms with Gasteiger partial charge in [0.1, 0.15) is 0 Å². The Bertz CT molecular complexity index is 494. The molecule has 1 aromatic carbocycles. The molecule has 9 heteroatoms. The minimum absolute atomic E-state index is 0.419. The summed E-state index contributed by atoms with van der Waals surface area (Å²) in [6.45, 7) is 0. The van der Waals surface area contributed by atoms with E-state index in [0.29, 0.717) is 5.30 Å². The van der Waals surface area contributed by atoms with E-state index in [-0.39, 0.29) is 0 Å². The zero-order valence-electron chi connectivity index (χ0n) is 10.00. The van der Waals surface area contributed by atoms with Gasteiger partial charge in [0.05, 0.1) is 0 Å². The molecule has 0 atom stereocenters. The number of alkyl halides is 4. The minimum atomic E-state index is -4.68. The first-order valence-electron chi connectivity index (χ1n) is 5.22. The molecule has 1 heterocycles. The summed E-state index contributed by atoms with van der Waals surface area (Å²) in [7, 11) is 2.37. The van der Waals surface area contributed by atoms with Gasteiger partial charge in [0.15, 0.2) is 0 Å². The molecule has 0 spiro atoms. The molecule has 1 fully saturated rings. The number of nitrogens with zero attached hydrogens (tertiary/aromatic N) is 2. The van der Waals surface area contributed by atoms with Crippen molar-refractivity contribution in [2.75, 3.05) is 14.1 Å². The van der Waals surface area contributed by atoms with Gasteiger partial charge in [-0.1, -0.05) is 0 Å². The van der Waals surface area contributed by atoms with Gasteiger partial charge in [0.2, 0.25) is 0 Å². The fourth-order valence-electron chi connectivity index (χ4n) is 2.21. The molecule has 0 unspecified atom stereocenters. The van der Waals surface area contributed by atoms with Gasteiger partial charge in [-0.05, 0) is 0 Å². The number of benzene rings is 1. The molecule has 108 valence electrons. The van der Waals surface area contributed by atoms with Crippen molar-refractivity contribution in [2.45, 2.75) is 11.3 Å². The first kappa shape index (κ1) is 15.6. The summed E-state index contributed by atoms with van der Waals surface area (Å²) in [5.74, 6) is 0. The molecule has 0 amide bonds. The summed E-state index contributed by atoms with van der Waals surface area (Å²) in [6, 6.07) is 8.25. The van der Waals surface area contributed by atoms with E-state index in [1.54, 1.807) is 30.3 Å². The Morgan fingerprint density at radius 1 is 1.05 bits per heavy atom. The van der Waals surface area contributed by atoms with Gasteiger partial charge < -0.3 is 0 Å². The Labute approximate surface area is 123 Å². The van der Waals surface area contributed by atoms with Crippen molar-refractivity contribution >= 4 is 45.0 Å². The zero-order valence-corrected chi connectivity index (χ0v) is 13.2. The van der Waals surface area contributed by atoms with Crippen LogP contribution >= 0.6 is 39.7 Å². The van der Waals surface area contributed by atoms with E-state index >= 15 is 0 Å². The molecule has 1 saturated heterocycles. The monoisotopic (exact) mass is 352 g/mol. The van der Waals surface area contributed by atoms with E-state index in [2.05, 4.69) is 0 Å². The van der Waals surface area contributed by atoms with Crippen LogP contribution in [0, 0.1) is 0 Å².